The standard InChI is InChI=1S/C11H13BrO4S/c1-7-3-9(12)4-8-5-10(16-11(7)8)6-15-17(2,13)14/h3-4,10H,5-6H2,1-2H3. The third kappa shape index (κ3) is 3.20. The van der Waals surface area contributed by atoms with E-state index in [1.807, 2.05) is 19.1 Å². The average Bonchev–Trinajstić information content (AvgIpc) is 2.56. The maximum Gasteiger partial charge on any atom is 0.264 e. The van der Waals surface area contributed by atoms with Crippen molar-refractivity contribution in [1.29, 1.82) is 0 Å². The summed E-state index contributed by atoms with van der Waals surface area (Å²) >= 11 is 3.42. The molecule has 0 aromatic heterocycles. The third-order valence-corrected chi connectivity index (χ3v) is 3.54. The molecule has 0 fully saturated rings. The van der Waals surface area contributed by atoms with Gasteiger partial charge >= 0.3 is 0 Å². The molecule has 0 N–H and O–H groups in total. The summed E-state index contributed by atoms with van der Waals surface area (Å²) in [6.45, 7) is 2.02. The van der Waals surface area contributed by atoms with Crippen LogP contribution in [0.25, 0.3) is 0 Å². The maximum atomic E-state index is 10.9. The number of fused-ring (bicyclic) bond motifs is 1. The summed E-state index contributed by atoms with van der Waals surface area (Å²) in [4.78, 5) is 0. The second kappa shape index (κ2) is 4.59. The number of aryl methyl sites for hydroxylation is 1. The average molecular weight is 321 g/mol. The predicted octanol–water partition coefficient (Wildman–Crippen LogP) is 2.04. The Morgan fingerprint density at radius 3 is 2.88 bits per heavy atom. The van der Waals surface area contributed by atoms with Crippen LogP contribution in [0.2, 0.25) is 0 Å². The van der Waals surface area contributed by atoms with Crippen LogP contribution < -0.4 is 4.74 Å². The molecular weight excluding hydrogens is 308 g/mol. The Balaban J connectivity index is 2.09. The summed E-state index contributed by atoms with van der Waals surface area (Å²) in [7, 11) is -3.41. The Morgan fingerprint density at radius 1 is 1.53 bits per heavy atom. The summed E-state index contributed by atoms with van der Waals surface area (Å²) in [6, 6.07) is 3.96. The van der Waals surface area contributed by atoms with Gasteiger partial charge in [0.2, 0.25) is 0 Å². The van der Waals surface area contributed by atoms with Crippen LogP contribution in [0.5, 0.6) is 5.75 Å². The smallest absolute Gasteiger partial charge is 0.264 e. The topological polar surface area (TPSA) is 52.6 Å². The van der Waals surface area contributed by atoms with Crippen LogP contribution in [0.1, 0.15) is 11.1 Å². The normalized spacial score (nSPS) is 18.9. The van der Waals surface area contributed by atoms with E-state index in [1.54, 1.807) is 0 Å². The zero-order chi connectivity index (χ0) is 12.6. The van der Waals surface area contributed by atoms with Gasteiger partial charge in [0, 0.05) is 10.9 Å². The highest BCUT2D eigenvalue weighted by atomic mass is 79.9. The molecule has 1 aromatic rings. The predicted molar refractivity (Wildman–Crippen MR) is 67.8 cm³/mol. The summed E-state index contributed by atoms with van der Waals surface area (Å²) in [5.74, 6) is 0.843. The van der Waals surface area contributed by atoms with E-state index in [0.29, 0.717) is 6.42 Å². The minimum absolute atomic E-state index is 0.0601. The molecule has 0 saturated carbocycles. The van der Waals surface area contributed by atoms with E-state index in [4.69, 9.17) is 8.92 Å². The molecule has 0 saturated heterocycles. The summed E-state index contributed by atoms with van der Waals surface area (Å²) in [5, 5.41) is 0. The van der Waals surface area contributed by atoms with E-state index >= 15 is 0 Å². The Hall–Kier alpha value is -0.590. The summed E-state index contributed by atoms with van der Waals surface area (Å²) < 4.78 is 33.2. The van der Waals surface area contributed by atoms with Crippen molar-refractivity contribution in [2.75, 3.05) is 12.9 Å². The van der Waals surface area contributed by atoms with E-state index in [1.165, 1.54) is 0 Å². The van der Waals surface area contributed by atoms with E-state index < -0.39 is 10.1 Å². The molecule has 1 aliphatic rings. The molecule has 0 amide bonds. The monoisotopic (exact) mass is 320 g/mol. The van der Waals surface area contributed by atoms with Gasteiger partial charge < -0.3 is 4.74 Å². The summed E-state index contributed by atoms with van der Waals surface area (Å²) in [6.07, 6.45) is 1.48. The molecule has 17 heavy (non-hydrogen) atoms. The lowest BCUT2D eigenvalue weighted by molar-refractivity contribution is 0.152. The highest BCUT2D eigenvalue weighted by Crippen LogP contribution is 2.35. The van der Waals surface area contributed by atoms with Gasteiger partial charge in [0.15, 0.2) is 0 Å². The van der Waals surface area contributed by atoms with Crippen molar-refractivity contribution < 1.29 is 17.3 Å². The fourth-order valence-corrected chi connectivity index (χ4v) is 2.88. The minimum atomic E-state index is -3.41. The van der Waals surface area contributed by atoms with Crippen molar-refractivity contribution >= 4 is 26.0 Å². The van der Waals surface area contributed by atoms with Crippen LogP contribution in [0.15, 0.2) is 16.6 Å². The van der Waals surface area contributed by atoms with E-state index in [9.17, 15) is 8.42 Å². The largest absolute Gasteiger partial charge is 0.487 e. The molecule has 1 aromatic carbocycles. The van der Waals surface area contributed by atoms with Crippen molar-refractivity contribution in [3.05, 3.63) is 27.7 Å². The van der Waals surface area contributed by atoms with Crippen LogP contribution in [-0.2, 0) is 20.7 Å². The minimum Gasteiger partial charge on any atom is -0.487 e. The molecule has 1 heterocycles. The fourth-order valence-electron chi connectivity index (χ4n) is 1.87. The lowest BCUT2D eigenvalue weighted by Crippen LogP contribution is -2.22. The molecule has 0 spiro atoms. The molecule has 2 rings (SSSR count). The molecule has 0 bridgehead atoms. The van der Waals surface area contributed by atoms with Crippen LogP contribution in [0.4, 0.5) is 0 Å². The Bertz CT molecular complexity index is 539. The second-order valence-electron chi connectivity index (χ2n) is 4.14. The van der Waals surface area contributed by atoms with Gasteiger partial charge in [-0.2, -0.15) is 8.42 Å². The van der Waals surface area contributed by atoms with Crippen molar-refractivity contribution in [3.63, 3.8) is 0 Å². The third-order valence-electron chi connectivity index (χ3n) is 2.52. The SMILES string of the molecule is Cc1cc(Br)cc2c1OC(COS(C)(=O)=O)C2. The van der Waals surface area contributed by atoms with Gasteiger partial charge in [-0.25, -0.2) is 0 Å². The van der Waals surface area contributed by atoms with E-state index in [0.717, 1.165) is 27.6 Å². The lowest BCUT2D eigenvalue weighted by atomic mass is 10.1. The van der Waals surface area contributed by atoms with Crippen molar-refractivity contribution in [3.8, 4) is 5.75 Å². The molecule has 4 nitrogen and oxygen atoms in total. The van der Waals surface area contributed by atoms with Gasteiger partial charge in [-0.15, -0.1) is 0 Å². The number of ether oxygens (including phenoxy) is 1. The highest BCUT2D eigenvalue weighted by Gasteiger charge is 2.26. The van der Waals surface area contributed by atoms with Gasteiger partial charge in [0.25, 0.3) is 10.1 Å². The first kappa shape index (κ1) is 12.9. The van der Waals surface area contributed by atoms with Gasteiger partial charge in [-0.1, -0.05) is 15.9 Å². The zero-order valence-electron chi connectivity index (χ0n) is 9.57. The van der Waals surface area contributed by atoms with Gasteiger partial charge in [-0.05, 0) is 30.2 Å². The van der Waals surface area contributed by atoms with Crippen LogP contribution in [0.3, 0.4) is 0 Å². The van der Waals surface area contributed by atoms with Gasteiger partial charge in [-0.3, -0.25) is 4.18 Å². The van der Waals surface area contributed by atoms with Crippen molar-refractivity contribution in [2.24, 2.45) is 0 Å². The maximum absolute atomic E-state index is 10.9. The quantitative estimate of drug-likeness (QED) is 0.800. The molecule has 94 valence electrons. The van der Waals surface area contributed by atoms with Crippen LogP contribution in [-0.4, -0.2) is 27.4 Å². The molecule has 1 unspecified atom stereocenters. The number of hydrogen-bond acceptors (Lipinski definition) is 4. The first-order chi connectivity index (χ1) is 7.85. The van der Waals surface area contributed by atoms with Crippen LogP contribution >= 0.6 is 15.9 Å². The molecule has 6 heteroatoms. The molecular formula is C11H13BrO4S. The number of halogens is 1. The number of rotatable bonds is 3. The van der Waals surface area contributed by atoms with Crippen molar-refractivity contribution in [1.82, 2.24) is 0 Å². The second-order valence-corrected chi connectivity index (χ2v) is 6.70. The van der Waals surface area contributed by atoms with Crippen molar-refractivity contribution in [2.45, 2.75) is 19.4 Å². The zero-order valence-corrected chi connectivity index (χ0v) is 12.0. The first-order valence-electron chi connectivity index (χ1n) is 5.15. The Kier molecular flexibility index (Phi) is 3.47. The number of hydrogen-bond donors (Lipinski definition) is 0. The van der Waals surface area contributed by atoms with Gasteiger partial charge in [0.05, 0.1) is 6.26 Å². The molecule has 0 aliphatic carbocycles. The van der Waals surface area contributed by atoms with E-state index in [2.05, 4.69) is 15.9 Å². The molecule has 1 aliphatic heterocycles. The first-order valence-corrected chi connectivity index (χ1v) is 7.76. The fraction of sp³-hybridized carbons (Fsp3) is 0.455. The summed E-state index contributed by atoms with van der Waals surface area (Å²) in [5.41, 5.74) is 2.12. The van der Waals surface area contributed by atoms with E-state index in [-0.39, 0.29) is 12.7 Å². The van der Waals surface area contributed by atoms with Crippen LogP contribution in [0, 0.1) is 6.92 Å². The van der Waals surface area contributed by atoms with Gasteiger partial charge in [0.1, 0.15) is 18.5 Å². The number of benzene rings is 1. The highest BCUT2D eigenvalue weighted by molar-refractivity contribution is 9.10. The molecule has 0 radical (unpaired) electrons. The lowest BCUT2D eigenvalue weighted by Gasteiger charge is -2.10. The molecule has 1 atom stereocenters. The Labute approximate surface area is 109 Å². The Morgan fingerprint density at radius 2 is 2.24 bits per heavy atom.